The molecule has 28 heavy (non-hydrogen) atoms. The van der Waals surface area contributed by atoms with Crippen molar-refractivity contribution in [2.75, 3.05) is 7.11 Å². The smallest absolute Gasteiger partial charge is 0.337 e. The minimum Gasteiger partial charge on any atom is -0.465 e. The third-order valence-corrected chi connectivity index (χ3v) is 5.31. The molecule has 0 fully saturated rings. The molecule has 1 N–H and O–H groups in total. The zero-order valence-corrected chi connectivity index (χ0v) is 15.8. The average molecular weight is 400 g/mol. The van der Waals surface area contributed by atoms with Gasteiger partial charge < -0.3 is 9.84 Å². The number of carbonyl (C=O) groups is 1. The van der Waals surface area contributed by atoms with E-state index in [1.54, 1.807) is 18.2 Å². The number of fused-ring (bicyclic) bond motifs is 3. The second-order valence-electron chi connectivity index (χ2n) is 6.44. The molecule has 1 aliphatic carbocycles. The van der Waals surface area contributed by atoms with Crippen LogP contribution in [0.1, 0.15) is 21.5 Å². The van der Waals surface area contributed by atoms with E-state index in [1.807, 2.05) is 0 Å². The largest absolute Gasteiger partial charge is 0.465 e. The number of benzene rings is 2. The number of hydrogen-bond donors (Lipinski definition) is 1. The maximum atomic E-state index is 14.7. The quantitative estimate of drug-likeness (QED) is 0.537. The monoisotopic (exact) mass is 400 g/mol. The Labute approximate surface area is 161 Å². The zero-order valence-electron chi connectivity index (χ0n) is 14.7. The number of alkyl halides is 2. The van der Waals surface area contributed by atoms with Crippen LogP contribution in [0.15, 0.2) is 55.1 Å². The maximum Gasteiger partial charge on any atom is 0.337 e. The predicted molar refractivity (Wildman–Crippen MR) is 102 cm³/mol. The Morgan fingerprint density at radius 1 is 1.14 bits per heavy atom. The average Bonchev–Trinajstić information content (AvgIpc) is 2.97. The van der Waals surface area contributed by atoms with E-state index >= 15 is 0 Å². The van der Waals surface area contributed by atoms with Crippen molar-refractivity contribution in [3.8, 4) is 22.3 Å². The summed E-state index contributed by atoms with van der Waals surface area (Å²) >= 11 is 0. The fourth-order valence-electron chi connectivity index (χ4n) is 3.64. The molecule has 0 bridgehead atoms. The molecule has 142 valence electrons. The first-order valence-corrected chi connectivity index (χ1v) is 8.88. The fourth-order valence-corrected chi connectivity index (χ4v) is 3.95. The first-order chi connectivity index (χ1) is 13.3. The summed E-state index contributed by atoms with van der Waals surface area (Å²) in [6.07, 6.45) is 4.38. The third kappa shape index (κ3) is 2.54. The summed E-state index contributed by atoms with van der Waals surface area (Å²) in [6, 6.07) is 9.19. The lowest BCUT2D eigenvalue weighted by atomic mass is 9.88. The van der Waals surface area contributed by atoms with Gasteiger partial charge in [-0.25, -0.2) is 14.8 Å². The molecular formula is C20H15F2N2O3P. The van der Waals surface area contributed by atoms with E-state index in [4.69, 9.17) is 4.74 Å². The minimum atomic E-state index is -3.59. The topological polar surface area (TPSA) is 72.3 Å². The Bertz CT molecular complexity index is 1090. The summed E-state index contributed by atoms with van der Waals surface area (Å²) < 4.78 is 34.2. The van der Waals surface area contributed by atoms with Crippen molar-refractivity contribution in [2.45, 2.75) is 11.3 Å². The highest BCUT2D eigenvalue weighted by Crippen LogP contribution is 2.58. The number of aliphatic hydroxyl groups is 1. The van der Waals surface area contributed by atoms with Crippen molar-refractivity contribution in [2.24, 2.45) is 0 Å². The Morgan fingerprint density at radius 3 is 2.46 bits per heavy atom. The Kier molecular flexibility index (Phi) is 4.25. The number of hydrogen-bond acceptors (Lipinski definition) is 5. The standard InChI is InChI=1S/C20H15F2N2O3P/c1-27-18(25)11-6-14(12-8-23-10-24-9-12)17-13-4-2-3-5-15(13)19(26,16(17)7-11)20(21,22)28/h2-10,26H,28H2,1H3. The van der Waals surface area contributed by atoms with Gasteiger partial charge in [0.25, 0.3) is 5.66 Å². The van der Waals surface area contributed by atoms with Crippen LogP contribution in [0.3, 0.4) is 0 Å². The van der Waals surface area contributed by atoms with Gasteiger partial charge in [0.1, 0.15) is 6.33 Å². The van der Waals surface area contributed by atoms with Crippen LogP contribution in [0.5, 0.6) is 0 Å². The molecule has 1 aromatic heterocycles. The first-order valence-electron chi connectivity index (χ1n) is 8.30. The van der Waals surface area contributed by atoms with E-state index in [1.165, 1.54) is 53.3 Å². The molecule has 0 spiro atoms. The van der Waals surface area contributed by atoms with Crippen LogP contribution in [0, 0.1) is 0 Å². The number of halogens is 2. The van der Waals surface area contributed by atoms with Crippen molar-refractivity contribution in [3.05, 3.63) is 71.8 Å². The molecule has 2 atom stereocenters. The summed E-state index contributed by atoms with van der Waals surface area (Å²) in [5.41, 5.74) is -4.35. The molecule has 0 saturated carbocycles. The molecule has 4 rings (SSSR count). The molecule has 8 heteroatoms. The lowest BCUT2D eigenvalue weighted by Gasteiger charge is -2.32. The molecule has 2 unspecified atom stereocenters. The second kappa shape index (κ2) is 6.40. The number of nitrogens with zero attached hydrogens (tertiary/aromatic N) is 2. The van der Waals surface area contributed by atoms with Gasteiger partial charge in [-0.15, -0.1) is 0 Å². The van der Waals surface area contributed by atoms with Crippen LogP contribution < -0.4 is 0 Å². The highest BCUT2D eigenvalue weighted by molar-refractivity contribution is 7.18. The maximum absolute atomic E-state index is 14.7. The number of rotatable bonds is 3. The molecule has 1 heterocycles. The van der Waals surface area contributed by atoms with Crippen molar-refractivity contribution in [1.29, 1.82) is 0 Å². The van der Waals surface area contributed by atoms with Gasteiger partial charge in [0.15, 0.2) is 5.60 Å². The summed E-state index contributed by atoms with van der Waals surface area (Å²) in [6.45, 7) is 0. The Hall–Kier alpha value is -2.76. The van der Waals surface area contributed by atoms with E-state index in [0.29, 0.717) is 22.3 Å². The lowest BCUT2D eigenvalue weighted by Crippen LogP contribution is -2.40. The van der Waals surface area contributed by atoms with Crippen molar-refractivity contribution >= 4 is 15.2 Å². The van der Waals surface area contributed by atoms with Crippen LogP contribution in [-0.4, -0.2) is 33.8 Å². The molecular weight excluding hydrogens is 385 g/mol. The normalized spacial score (nSPS) is 17.8. The van der Waals surface area contributed by atoms with Crippen LogP contribution >= 0.6 is 9.24 Å². The summed E-state index contributed by atoms with van der Waals surface area (Å²) in [4.78, 5) is 20.2. The molecule has 5 nitrogen and oxygen atoms in total. The van der Waals surface area contributed by atoms with Crippen LogP contribution in [0.4, 0.5) is 8.78 Å². The molecule has 0 amide bonds. The minimum absolute atomic E-state index is 0.0422. The van der Waals surface area contributed by atoms with E-state index in [0.717, 1.165) is 0 Å². The van der Waals surface area contributed by atoms with Gasteiger partial charge in [-0.05, 0) is 28.8 Å². The molecule has 0 radical (unpaired) electrons. The SMILES string of the molecule is COC(=O)c1cc(-c2cncnc2)c2c(c1)C(O)(C(F)(F)P)c1ccccc1-2. The summed E-state index contributed by atoms with van der Waals surface area (Å²) in [5.74, 6) is -0.703. The third-order valence-electron chi connectivity index (χ3n) is 4.89. The van der Waals surface area contributed by atoms with Gasteiger partial charge in [0.2, 0.25) is 0 Å². The number of carbonyl (C=O) groups excluding carboxylic acids is 1. The van der Waals surface area contributed by atoms with Gasteiger partial charge in [0, 0.05) is 29.1 Å². The Balaban J connectivity index is 2.15. The van der Waals surface area contributed by atoms with E-state index < -0.39 is 17.2 Å². The highest BCUT2D eigenvalue weighted by atomic mass is 31.0. The molecule has 0 aliphatic heterocycles. The van der Waals surface area contributed by atoms with Gasteiger partial charge in [-0.2, -0.15) is 8.78 Å². The number of methoxy groups -OCH3 is 1. The number of aromatic nitrogens is 2. The summed E-state index contributed by atoms with van der Waals surface area (Å²) in [7, 11) is 2.61. The summed E-state index contributed by atoms with van der Waals surface area (Å²) in [5, 5.41) is 11.2. The highest BCUT2D eigenvalue weighted by Gasteiger charge is 2.57. The first kappa shape index (κ1) is 18.6. The van der Waals surface area contributed by atoms with Crippen molar-refractivity contribution in [3.63, 3.8) is 0 Å². The van der Waals surface area contributed by atoms with E-state index in [-0.39, 0.29) is 16.7 Å². The van der Waals surface area contributed by atoms with E-state index in [2.05, 4.69) is 9.97 Å². The van der Waals surface area contributed by atoms with Crippen LogP contribution in [-0.2, 0) is 10.3 Å². The predicted octanol–water partition coefficient (Wildman–Crippen LogP) is 3.61. The van der Waals surface area contributed by atoms with Gasteiger partial charge >= 0.3 is 5.97 Å². The van der Waals surface area contributed by atoms with Crippen molar-refractivity contribution in [1.82, 2.24) is 9.97 Å². The number of ether oxygens (including phenoxy) is 1. The molecule has 0 saturated heterocycles. The molecule has 2 aromatic carbocycles. The molecule has 3 aromatic rings. The van der Waals surface area contributed by atoms with E-state index in [9.17, 15) is 18.7 Å². The van der Waals surface area contributed by atoms with Crippen LogP contribution in [0.25, 0.3) is 22.3 Å². The fraction of sp³-hybridized carbons (Fsp3) is 0.150. The number of esters is 1. The van der Waals surface area contributed by atoms with Crippen molar-refractivity contribution < 1.29 is 23.4 Å². The van der Waals surface area contributed by atoms with Gasteiger partial charge in [-0.1, -0.05) is 33.5 Å². The van der Waals surface area contributed by atoms with Gasteiger partial charge in [0.05, 0.1) is 12.7 Å². The Morgan fingerprint density at radius 2 is 1.82 bits per heavy atom. The second-order valence-corrected chi connectivity index (χ2v) is 7.17. The van der Waals surface area contributed by atoms with Crippen LogP contribution in [0.2, 0.25) is 0 Å². The molecule has 1 aliphatic rings. The lowest BCUT2D eigenvalue weighted by molar-refractivity contribution is -0.0964. The van der Waals surface area contributed by atoms with Gasteiger partial charge in [-0.3, -0.25) is 0 Å². The zero-order chi connectivity index (χ0) is 20.1.